The number of likely N-dealkylation sites (tertiary alicyclic amines) is 2. The third-order valence-electron chi connectivity index (χ3n) is 12.5. The quantitative estimate of drug-likeness (QED) is 0.0689. The van der Waals surface area contributed by atoms with Gasteiger partial charge in [-0.3, -0.25) is 33.6 Å². The van der Waals surface area contributed by atoms with Gasteiger partial charge in [0.05, 0.1) is 30.7 Å². The molecule has 7 amide bonds. The number of nitrogens with two attached hydrogens (primary N) is 1. The molecule has 2 heterocycles. The third-order valence-corrected chi connectivity index (χ3v) is 12.7. The summed E-state index contributed by atoms with van der Waals surface area (Å²) in [6.07, 6.45) is 1.79. The summed E-state index contributed by atoms with van der Waals surface area (Å²) >= 11 is 6.10. The number of likely N-dealkylation sites (N-methyl/N-ethyl adjacent to an activating group) is 2. The lowest BCUT2D eigenvalue weighted by atomic mass is 9.85. The van der Waals surface area contributed by atoms with Gasteiger partial charge in [-0.25, -0.2) is 0 Å². The van der Waals surface area contributed by atoms with E-state index >= 15 is 0 Å². The number of carbonyl (C=O) groups is 7. The number of nitrogens with zero attached hydrogens (tertiary/aromatic N) is 2. The normalized spacial score (nSPS) is 20.1. The summed E-state index contributed by atoms with van der Waals surface area (Å²) in [5, 5.41) is 23.8. The van der Waals surface area contributed by atoms with Gasteiger partial charge in [0.2, 0.25) is 29.5 Å². The highest BCUT2D eigenvalue weighted by atomic mass is 35.5. The van der Waals surface area contributed by atoms with Crippen molar-refractivity contribution in [2.24, 2.45) is 5.41 Å². The molecule has 68 heavy (non-hydrogen) atoms. The van der Waals surface area contributed by atoms with E-state index in [0.29, 0.717) is 16.3 Å². The first-order chi connectivity index (χ1) is 31.9. The molecule has 2 fully saturated rings. The van der Waals surface area contributed by atoms with Crippen LogP contribution in [0, 0.1) is 5.41 Å². The van der Waals surface area contributed by atoms with Crippen LogP contribution in [0.1, 0.15) is 93.6 Å². The van der Waals surface area contributed by atoms with E-state index in [0.717, 1.165) is 5.56 Å². The highest BCUT2D eigenvalue weighted by Crippen LogP contribution is 2.28. The van der Waals surface area contributed by atoms with Crippen molar-refractivity contribution in [1.82, 2.24) is 52.3 Å². The lowest BCUT2D eigenvalue weighted by Gasteiger charge is -2.36. The van der Waals surface area contributed by atoms with Crippen molar-refractivity contribution in [2.45, 2.75) is 116 Å². The number of halogens is 1. The standard InChI is InChI=1S/C49H70ClN11O7/c1-13-26(2)28(4)55-46(66)39-21-37(24-60(39)27(3)23-54-42(62)30(6)52-11)57-44(64)33-18-34(20-36(51)19-33)45(65)58-38-22-40(47(67)56-29(5)32-14-16-35(50)17-15-32)61(25-38)48(68)41(49(8,9)10)59-43(63)31(7)53-12/h13-20,28-31,37-41,52-53H,1-3,21-25,51H2,4-12H3,(H,54,62)(H,55,66)(H,56,67)(H,57,64)(H,58,65)(H,59,63)/t28-,29-,30+,31+,37+,38+,39+,40+,41-/m1/s1. The van der Waals surface area contributed by atoms with Crippen LogP contribution in [0.25, 0.3) is 0 Å². The van der Waals surface area contributed by atoms with Crippen molar-refractivity contribution in [3.8, 4) is 0 Å². The van der Waals surface area contributed by atoms with Crippen molar-refractivity contribution >= 4 is 58.6 Å². The average molecular weight is 961 g/mol. The van der Waals surface area contributed by atoms with E-state index in [1.165, 1.54) is 23.1 Å². The number of nitrogens with one attached hydrogen (secondary N) is 8. The largest absolute Gasteiger partial charge is 0.399 e. The fraction of sp³-hybridized carbons (Fsp3) is 0.490. The van der Waals surface area contributed by atoms with Gasteiger partial charge in [-0.15, -0.1) is 0 Å². The highest BCUT2D eigenvalue weighted by molar-refractivity contribution is 6.30. The van der Waals surface area contributed by atoms with Gasteiger partial charge < -0.3 is 58.1 Å². The summed E-state index contributed by atoms with van der Waals surface area (Å²) in [5.74, 6) is -3.09. The monoisotopic (exact) mass is 960 g/mol. The van der Waals surface area contributed by atoms with Crippen LogP contribution in [-0.2, 0) is 24.0 Å². The van der Waals surface area contributed by atoms with E-state index in [9.17, 15) is 33.6 Å². The summed E-state index contributed by atoms with van der Waals surface area (Å²) < 4.78 is 0. The van der Waals surface area contributed by atoms with Gasteiger partial charge in [0, 0.05) is 52.7 Å². The first-order valence-corrected chi connectivity index (χ1v) is 23.1. The highest BCUT2D eigenvalue weighted by Gasteiger charge is 2.46. The van der Waals surface area contributed by atoms with Crippen molar-refractivity contribution < 1.29 is 33.6 Å². The summed E-state index contributed by atoms with van der Waals surface area (Å²) in [7, 11) is 3.30. The van der Waals surface area contributed by atoms with Gasteiger partial charge in [0.25, 0.3) is 11.8 Å². The zero-order chi connectivity index (χ0) is 50.8. The van der Waals surface area contributed by atoms with E-state index in [1.54, 1.807) is 77.0 Å². The molecule has 19 heteroatoms. The molecule has 0 bridgehead atoms. The van der Waals surface area contributed by atoms with E-state index in [4.69, 9.17) is 17.3 Å². The summed E-state index contributed by atoms with van der Waals surface area (Å²) in [6, 6.07) is 5.20. The van der Waals surface area contributed by atoms with Crippen LogP contribution in [0.15, 0.2) is 79.5 Å². The maximum atomic E-state index is 14.5. The Morgan fingerprint density at radius 3 is 1.76 bits per heavy atom. The lowest BCUT2D eigenvalue weighted by Crippen LogP contribution is -2.59. The maximum Gasteiger partial charge on any atom is 0.251 e. The van der Waals surface area contributed by atoms with E-state index in [-0.39, 0.29) is 61.1 Å². The Balaban J connectivity index is 1.55. The van der Waals surface area contributed by atoms with E-state index < -0.39 is 89.3 Å². The Labute approximate surface area is 405 Å². The molecular weight excluding hydrogens is 890 g/mol. The van der Waals surface area contributed by atoms with Gasteiger partial charge >= 0.3 is 0 Å². The number of carbonyl (C=O) groups excluding carboxylic acids is 7. The lowest BCUT2D eigenvalue weighted by molar-refractivity contribution is -0.144. The maximum absolute atomic E-state index is 14.5. The number of hydrogen-bond acceptors (Lipinski definition) is 11. The van der Waals surface area contributed by atoms with Crippen LogP contribution in [0.2, 0.25) is 5.02 Å². The number of hydrogen-bond donors (Lipinski definition) is 9. The van der Waals surface area contributed by atoms with Crippen LogP contribution < -0.4 is 48.3 Å². The molecule has 18 nitrogen and oxygen atoms in total. The smallest absolute Gasteiger partial charge is 0.251 e. The number of amides is 7. The summed E-state index contributed by atoms with van der Waals surface area (Å²) in [4.78, 5) is 99.0. The van der Waals surface area contributed by atoms with Crippen LogP contribution >= 0.6 is 11.6 Å². The molecule has 4 rings (SSSR count). The minimum Gasteiger partial charge on any atom is -0.399 e. The zero-order valence-electron chi connectivity index (χ0n) is 40.7. The fourth-order valence-electron chi connectivity index (χ4n) is 7.93. The van der Waals surface area contributed by atoms with Crippen molar-refractivity contribution in [3.05, 3.63) is 101 Å². The molecule has 9 atom stereocenters. The van der Waals surface area contributed by atoms with Crippen molar-refractivity contribution in [2.75, 3.05) is 39.5 Å². The van der Waals surface area contributed by atoms with E-state index in [2.05, 4.69) is 62.3 Å². The van der Waals surface area contributed by atoms with E-state index in [1.807, 2.05) is 20.8 Å². The van der Waals surface area contributed by atoms with Crippen LogP contribution in [-0.4, -0.2) is 133 Å². The summed E-state index contributed by atoms with van der Waals surface area (Å²) in [5.41, 5.74) is 7.63. The number of anilines is 1. The minimum atomic E-state index is -1.03. The average Bonchev–Trinajstić information content (AvgIpc) is 3.93. The summed E-state index contributed by atoms with van der Waals surface area (Å²) in [6.45, 7) is 24.4. The number of rotatable bonds is 20. The minimum absolute atomic E-state index is 0.0426. The molecule has 0 saturated carbocycles. The Morgan fingerprint density at radius 2 is 1.25 bits per heavy atom. The van der Waals surface area contributed by atoms with Crippen LogP contribution in [0.5, 0.6) is 0 Å². The second-order valence-corrected chi connectivity index (χ2v) is 19.2. The fourth-order valence-corrected chi connectivity index (χ4v) is 8.06. The predicted octanol–water partition coefficient (Wildman–Crippen LogP) is 2.30. The topological polar surface area (TPSA) is 248 Å². The van der Waals surface area contributed by atoms with Gasteiger partial charge in [0.15, 0.2) is 0 Å². The van der Waals surface area contributed by atoms with Gasteiger partial charge in [-0.1, -0.05) is 70.3 Å². The van der Waals surface area contributed by atoms with Crippen molar-refractivity contribution in [1.29, 1.82) is 0 Å². The number of nitrogen functional groups attached to an aromatic ring is 1. The molecule has 2 aromatic carbocycles. The molecule has 2 aliphatic rings. The molecule has 2 aromatic rings. The first-order valence-electron chi connectivity index (χ1n) is 22.8. The van der Waals surface area contributed by atoms with Crippen molar-refractivity contribution in [3.63, 3.8) is 0 Å². The first kappa shape index (κ1) is 54.4. The molecule has 0 spiro atoms. The Kier molecular flexibility index (Phi) is 18.9. The molecular formula is C49H70ClN11O7. The SMILES string of the molecule is C=CC(=C)[C@@H](C)NC(=O)[C@@H]1C[C@H](NC(=O)c2cc(N)cc(C(=O)N[C@H]3C[C@@H](C(=O)N[C@H](C)c4ccc(Cl)cc4)N(C(=O)[C@@H](NC(=O)[C@H](C)NC)C(C)(C)C)C3)c2)CN1C(=C)CNC(=O)[C@H](C)NC. The molecule has 0 radical (unpaired) electrons. The Hall–Kier alpha value is -6.24. The molecule has 2 aliphatic heterocycles. The molecule has 2 saturated heterocycles. The van der Waals surface area contributed by atoms with Gasteiger partial charge in [0.1, 0.15) is 18.1 Å². The molecule has 0 unspecified atom stereocenters. The third kappa shape index (κ3) is 14.1. The number of benzene rings is 2. The predicted molar refractivity (Wildman–Crippen MR) is 264 cm³/mol. The molecule has 370 valence electrons. The molecule has 0 aliphatic carbocycles. The zero-order valence-corrected chi connectivity index (χ0v) is 41.4. The second-order valence-electron chi connectivity index (χ2n) is 18.7. The van der Waals surface area contributed by atoms with Gasteiger partial charge in [-0.05, 0) is 102 Å². The second kappa shape index (κ2) is 23.7. The molecule has 10 N–H and O–H groups in total. The Bertz CT molecular complexity index is 2250. The van der Waals surface area contributed by atoms with Crippen LogP contribution in [0.3, 0.4) is 0 Å². The van der Waals surface area contributed by atoms with Gasteiger partial charge in [-0.2, -0.15) is 0 Å². The van der Waals surface area contributed by atoms with Crippen LogP contribution in [0.4, 0.5) is 5.69 Å². The Morgan fingerprint density at radius 1 is 0.750 bits per heavy atom. The molecule has 0 aromatic heterocycles.